The molecule has 0 bridgehead atoms. The minimum Gasteiger partial charge on any atom is -0.497 e. The van der Waals surface area contributed by atoms with Crippen LogP contribution < -0.4 is 29.3 Å². The SMILES string of the molecule is C=CCOc1ccc(/C=N\NC(=O)CN(c2ccc(OC)cc2)S(=O)(=O)c2ccc(NC(C)=O)cc2)cc1OCC. The van der Waals surface area contributed by atoms with Gasteiger partial charge >= 0.3 is 0 Å². The molecular formula is C29H32N4O7S. The minimum atomic E-state index is -4.19. The summed E-state index contributed by atoms with van der Waals surface area (Å²) in [5, 5.41) is 6.57. The summed E-state index contributed by atoms with van der Waals surface area (Å²) in [6, 6.07) is 17.0. The maximum absolute atomic E-state index is 13.6. The summed E-state index contributed by atoms with van der Waals surface area (Å²) in [5.41, 5.74) is 3.68. The first-order chi connectivity index (χ1) is 19.7. The van der Waals surface area contributed by atoms with E-state index in [1.807, 2.05) is 6.92 Å². The second-order valence-corrected chi connectivity index (χ2v) is 10.3. The Labute approximate surface area is 239 Å². The Balaban J connectivity index is 1.81. The molecule has 3 aromatic rings. The number of hydrogen-bond donors (Lipinski definition) is 2. The van der Waals surface area contributed by atoms with Crippen LogP contribution in [0.4, 0.5) is 11.4 Å². The van der Waals surface area contributed by atoms with Crippen LogP contribution in [0.1, 0.15) is 19.4 Å². The molecule has 0 heterocycles. The van der Waals surface area contributed by atoms with Crippen molar-refractivity contribution in [3.05, 3.63) is 84.9 Å². The minimum absolute atomic E-state index is 0.0686. The van der Waals surface area contributed by atoms with E-state index in [4.69, 9.17) is 14.2 Å². The average molecular weight is 581 g/mol. The fourth-order valence-electron chi connectivity index (χ4n) is 3.59. The predicted molar refractivity (Wildman–Crippen MR) is 157 cm³/mol. The van der Waals surface area contributed by atoms with Crippen molar-refractivity contribution in [1.29, 1.82) is 0 Å². The fraction of sp³-hybridized carbons (Fsp3) is 0.207. The highest BCUT2D eigenvalue weighted by atomic mass is 32.2. The number of amides is 2. The number of carbonyl (C=O) groups excluding carboxylic acids is 2. The number of ether oxygens (including phenoxy) is 3. The van der Waals surface area contributed by atoms with Gasteiger partial charge in [-0.3, -0.25) is 13.9 Å². The second kappa shape index (κ2) is 14.5. The molecule has 0 aliphatic rings. The van der Waals surface area contributed by atoms with Crippen molar-refractivity contribution < 1.29 is 32.2 Å². The van der Waals surface area contributed by atoms with Gasteiger partial charge in [0.25, 0.3) is 15.9 Å². The van der Waals surface area contributed by atoms with Crippen molar-refractivity contribution in [1.82, 2.24) is 5.43 Å². The Morgan fingerprint density at radius 1 is 1.00 bits per heavy atom. The third kappa shape index (κ3) is 8.57. The third-order valence-corrected chi connectivity index (χ3v) is 7.23. The summed E-state index contributed by atoms with van der Waals surface area (Å²) in [4.78, 5) is 24.1. The smallest absolute Gasteiger partial charge is 0.264 e. The number of hydrogen-bond acceptors (Lipinski definition) is 8. The van der Waals surface area contributed by atoms with Crippen LogP contribution in [0.25, 0.3) is 0 Å². The number of sulfonamides is 1. The lowest BCUT2D eigenvalue weighted by molar-refractivity contribution is -0.119. The standard InChI is InChI=1S/C29H32N4O7S/c1-5-17-40-27-16-7-22(18-28(27)39-6-2)19-30-32-29(35)20-33(24-10-12-25(38-4)13-11-24)41(36,37)26-14-8-23(9-15-26)31-21(3)34/h5,7-16,18-19H,1,6,17,20H2,2-4H3,(H,31,34)(H,32,35)/b30-19-. The van der Waals surface area contributed by atoms with E-state index in [0.717, 1.165) is 4.31 Å². The Hall–Kier alpha value is -4.84. The number of carbonyl (C=O) groups is 2. The summed E-state index contributed by atoms with van der Waals surface area (Å²) in [6.07, 6.45) is 3.03. The number of methoxy groups -OCH3 is 1. The average Bonchev–Trinajstić information content (AvgIpc) is 2.95. The van der Waals surface area contributed by atoms with Crippen LogP contribution in [0, 0.1) is 0 Å². The van der Waals surface area contributed by atoms with Crippen LogP contribution in [-0.4, -0.2) is 53.3 Å². The van der Waals surface area contributed by atoms with E-state index < -0.39 is 22.5 Å². The highest BCUT2D eigenvalue weighted by molar-refractivity contribution is 7.92. The van der Waals surface area contributed by atoms with E-state index >= 15 is 0 Å². The number of nitrogens with zero attached hydrogens (tertiary/aromatic N) is 2. The molecule has 0 fully saturated rings. The summed E-state index contributed by atoms with van der Waals surface area (Å²) < 4.78 is 44.6. The zero-order valence-corrected chi connectivity index (χ0v) is 23.8. The summed E-state index contributed by atoms with van der Waals surface area (Å²) in [7, 11) is -2.70. The Morgan fingerprint density at radius 3 is 2.32 bits per heavy atom. The molecule has 3 aromatic carbocycles. The van der Waals surface area contributed by atoms with Crippen molar-refractivity contribution in [2.75, 3.05) is 36.5 Å². The molecule has 11 nitrogen and oxygen atoms in total. The zero-order chi connectivity index (χ0) is 29.8. The quantitative estimate of drug-likeness (QED) is 0.167. The van der Waals surface area contributed by atoms with Crippen molar-refractivity contribution in [3.8, 4) is 17.2 Å². The fourth-order valence-corrected chi connectivity index (χ4v) is 5.01. The lowest BCUT2D eigenvalue weighted by Crippen LogP contribution is -2.39. The van der Waals surface area contributed by atoms with Crippen LogP contribution in [0.2, 0.25) is 0 Å². The molecule has 0 atom stereocenters. The van der Waals surface area contributed by atoms with Gasteiger partial charge in [0.05, 0.1) is 30.5 Å². The molecule has 0 aliphatic carbocycles. The van der Waals surface area contributed by atoms with Gasteiger partial charge in [-0.05, 0) is 79.2 Å². The number of benzene rings is 3. The van der Waals surface area contributed by atoms with Gasteiger partial charge in [0, 0.05) is 12.6 Å². The van der Waals surface area contributed by atoms with Crippen molar-refractivity contribution in [3.63, 3.8) is 0 Å². The van der Waals surface area contributed by atoms with Gasteiger partial charge in [-0.2, -0.15) is 5.10 Å². The Kier molecular flexibility index (Phi) is 10.9. The second-order valence-electron chi connectivity index (χ2n) is 8.45. The number of anilines is 2. The normalized spacial score (nSPS) is 11.0. The van der Waals surface area contributed by atoms with Crippen LogP contribution in [-0.2, 0) is 19.6 Å². The van der Waals surface area contributed by atoms with Crippen LogP contribution in [0.5, 0.6) is 17.2 Å². The van der Waals surface area contributed by atoms with Crippen LogP contribution in [0.15, 0.2) is 89.4 Å². The van der Waals surface area contributed by atoms with Gasteiger partial charge in [-0.25, -0.2) is 13.8 Å². The summed E-state index contributed by atoms with van der Waals surface area (Å²) in [6.45, 7) is 7.01. The molecule has 0 radical (unpaired) electrons. The van der Waals surface area contributed by atoms with E-state index in [1.165, 1.54) is 56.6 Å². The van der Waals surface area contributed by atoms with E-state index in [-0.39, 0.29) is 16.5 Å². The van der Waals surface area contributed by atoms with Gasteiger partial charge in [-0.15, -0.1) is 0 Å². The Morgan fingerprint density at radius 2 is 1.71 bits per heavy atom. The van der Waals surface area contributed by atoms with Gasteiger partial charge in [0.1, 0.15) is 18.9 Å². The third-order valence-electron chi connectivity index (χ3n) is 5.44. The molecule has 0 aromatic heterocycles. The molecule has 2 N–H and O–H groups in total. The van der Waals surface area contributed by atoms with Crippen molar-refractivity contribution in [2.45, 2.75) is 18.7 Å². The highest BCUT2D eigenvalue weighted by Gasteiger charge is 2.27. The number of rotatable bonds is 14. The van der Waals surface area contributed by atoms with Crippen molar-refractivity contribution in [2.24, 2.45) is 5.10 Å². The first-order valence-corrected chi connectivity index (χ1v) is 14.0. The van der Waals surface area contributed by atoms with Gasteiger partial charge in [0.15, 0.2) is 11.5 Å². The first-order valence-electron chi connectivity index (χ1n) is 12.5. The predicted octanol–water partition coefficient (Wildman–Crippen LogP) is 3.96. The van der Waals surface area contributed by atoms with E-state index in [1.54, 1.807) is 36.4 Å². The van der Waals surface area contributed by atoms with Gasteiger partial charge in [0.2, 0.25) is 5.91 Å². The molecule has 0 aliphatic heterocycles. The molecule has 0 spiro atoms. The molecule has 0 saturated carbocycles. The highest BCUT2D eigenvalue weighted by Crippen LogP contribution is 2.28. The van der Waals surface area contributed by atoms with E-state index in [9.17, 15) is 18.0 Å². The maximum atomic E-state index is 13.6. The van der Waals surface area contributed by atoms with E-state index in [0.29, 0.717) is 41.7 Å². The molecule has 0 saturated heterocycles. The van der Waals surface area contributed by atoms with Crippen molar-refractivity contribution >= 4 is 39.4 Å². The van der Waals surface area contributed by atoms with Crippen LogP contribution >= 0.6 is 0 Å². The van der Waals surface area contributed by atoms with Gasteiger partial charge in [-0.1, -0.05) is 12.7 Å². The van der Waals surface area contributed by atoms with Crippen LogP contribution in [0.3, 0.4) is 0 Å². The molecule has 216 valence electrons. The lowest BCUT2D eigenvalue weighted by Gasteiger charge is -2.24. The molecule has 3 rings (SSSR count). The van der Waals surface area contributed by atoms with Gasteiger partial charge < -0.3 is 19.5 Å². The molecule has 0 unspecified atom stereocenters. The van der Waals surface area contributed by atoms with E-state index in [2.05, 4.69) is 22.4 Å². The topological polar surface area (TPSA) is 136 Å². The zero-order valence-electron chi connectivity index (χ0n) is 23.0. The Bertz CT molecular complexity index is 1490. The number of nitrogens with one attached hydrogen (secondary N) is 2. The molecule has 41 heavy (non-hydrogen) atoms. The lowest BCUT2D eigenvalue weighted by atomic mass is 10.2. The first kappa shape index (κ1) is 30.7. The molecule has 2 amide bonds. The molecule has 12 heteroatoms. The molecular weight excluding hydrogens is 548 g/mol. The number of hydrazone groups is 1. The maximum Gasteiger partial charge on any atom is 0.264 e. The largest absolute Gasteiger partial charge is 0.497 e. The summed E-state index contributed by atoms with van der Waals surface area (Å²) in [5.74, 6) is 0.603. The summed E-state index contributed by atoms with van der Waals surface area (Å²) >= 11 is 0. The monoisotopic (exact) mass is 580 g/mol.